The van der Waals surface area contributed by atoms with E-state index in [1.54, 1.807) is 0 Å². The zero-order valence-corrected chi connectivity index (χ0v) is 34.4. The monoisotopic (exact) mass is 801 g/mol. The number of benzene rings is 8. The zero-order chi connectivity index (χ0) is 42.2. The van der Waals surface area contributed by atoms with Crippen molar-refractivity contribution in [3.63, 3.8) is 0 Å². The number of aromatic nitrogens is 2. The van der Waals surface area contributed by atoms with Gasteiger partial charge >= 0.3 is 0 Å². The fourth-order valence-electron chi connectivity index (χ4n) is 9.45. The van der Waals surface area contributed by atoms with Crippen LogP contribution in [0, 0.1) is 11.3 Å². The minimum atomic E-state index is -0.659. The van der Waals surface area contributed by atoms with Gasteiger partial charge in [-0.3, -0.25) is 4.98 Å². The van der Waals surface area contributed by atoms with Crippen LogP contribution >= 0.6 is 0 Å². The predicted molar refractivity (Wildman–Crippen MR) is 257 cm³/mol. The SMILES string of the molecule is N#Cc1ccc2c(c1)C(c1ccccc1)(c1ccccc1)c1cc(-c3cc(-c4ccccn4)cc(-c4cc(-c5ccccc5)cc(-c5ccc(-c6ccccc6)cc5)n4)c3)ccc1-2. The van der Waals surface area contributed by atoms with Crippen LogP contribution in [0.2, 0.25) is 0 Å². The molecule has 1 aliphatic rings. The molecule has 0 saturated heterocycles. The first kappa shape index (κ1) is 37.5. The Kier molecular flexibility index (Phi) is 9.45. The largest absolute Gasteiger partial charge is 0.256 e. The van der Waals surface area contributed by atoms with E-state index in [0.29, 0.717) is 5.56 Å². The van der Waals surface area contributed by atoms with Crippen LogP contribution in [0.15, 0.2) is 237 Å². The third-order valence-corrected chi connectivity index (χ3v) is 12.4. The summed E-state index contributed by atoms with van der Waals surface area (Å²) >= 11 is 0. The van der Waals surface area contributed by atoms with Crippen LogP contribution in [0.4, 0.5) is 0 Å². The van der Waals surface area contributed by atoms with Gasteiger partial charge in [0.15, 0.2) is 0 Å². The Balaban J connectivity index is 1.12. The topological polar surface area (TPSA) is 49.6 Å². The first-order chi connectivity index (χ1) is 31.2. The number of fused-ring (bicyclic) bond motifs is 3. The normalized spacial score (nSPS) is 12.2. The van der Waals surface area contributed by atoms with Crippen molar-refractivity contribution < 1.29 is 0 Å². The molecule has 0 saturated carbocycles. The molecule has 3 nitrogen and oxygen atoms in total. The average molecular weight is 802 g/mol. The van der Waals surface area contributed by atoms with E-state index in [4.69, 9.17) is 9.97 Å². The van der Waals surface area contributed by atoms with Crippen LogP contribution in [0.25, 0.3) is 78.3 Å². The number of pyridine rings is 2. The molecule has 0 atom stereocenters. The highest BCUT2D eigenvalue weighted by atomic mass is 14.7. The van der Waals surface area contributed by atoms with Gasteiger partial charge in [0.05, 0.1) is 34.1 Å². The Hall–Kier alpha value is -8.45. The number of nitriles is 1. The van der Waals surface area contributed by atoms with Gasteiger partial charge in [-0.1, -0.05) is 170 Å². The summed E-state index contributed by atoms with van der Waals surface area (Å²) in [4.78, 5) is 10.3. The molecule has 10 aromatic rings. The van der Waals surface area contributed by atoms with Crippen LogP contribution in [0.1, 0.15) is 27.8 Å². The maximum atomic E-state index is 10.2. The van der Waals surface area contributed by atoms with Crippen LogP contribution in [-0.2, 0) is 5.41 Å². The summed E-state index contributed by atoms with van der Waals surface area (Å²) in [5.74, 6) is 0. The van der Waals surface area contributed by atoms with Crippen molar-refractivity contribution in [1.82, 2.24) is 9.97 Å². The molecule has 2 heterocycles. The second kappa shape index (κ2) is 15.9. The minimum Gasteiger partial charge on any atom is -0.256 e. The summed E-state index contributed by atoms with van der Waals surface area (Å²) in [5.41, 5.74) is 19.3. The fraction of sp³-hybridized carbons (Fsp3) is 0.0167. The van der Waals surface area contributed by atoms with E-state index >= 15 is 0 Å². The van der Waals surface area contributed by atoms with Gasteiger partial charge in [0.25, 0.3) is 0 Å². The molecule has 0 amide bonds. The van der Waals surface area contributed by atoms with E-state index < -0.39 is 5.41 Å². The molecule has 1 aliphatic carbocycles. The molecule has 0 fully saturated rings. The van der Waals surface area contributed by atoms with Crippen molar-refractivity contribution in [2.24, 2.45) is 0 Å². The maximum absolute atomic E-state index is 10.2. The number of hydrogen-bond acceptors (Lipinski definition) is 3. The lowest BCUT2D eigenvalue weighted by Gasteiger charge is -2.34. The second-order valence-corrected chi connectivity index (χ2v) is 16.1. The summed E-state index contributed by atoms with van der Waals surface area (Å²) in [6.45, 7) is 0. The first-order valence-electron chi connectivity index (χ1n) is 21.3. The smallest absolute Gasteiger partial charge is 0.0991 e. The molecule has 0 aliphatic heterocycles. The summed E-state index contributed by atoms with van der Waals surface area (Å²) < 4.78 is 0. The van der Waals surface area contributed by atoms with Crippen molar-refractivity contribution >= 4 is 0 Å². The Morgan fingerprint density at radius 1 is 0.333 bits per heavy atom. The quantitative estimate of drug-likeness (QED) is 0.154. The standard InChI is InChI=1S/C60H39N3/c61-40-41-24-30-53-54-31-29-46(37-56(54)60(55(53)33-41,51-19-9-3-10-20-51)52-21-11-4-12-22-52)47-34-49(57-23-13-14-32-62-57)36-50(35-47)59-39-48(43-17-7-2-8-18-43)38-58(63-59)45-27-25-44(26-28-45)42-15-5-1-6-16-42/h1-39H. The number of hydrogen-bond donors (Lipinski definition) is 0. The predicted octanol–water partition coefficient (Wildman–Crippen LogP) is 14.7. The highest BCUT2D eigenvalue weighted by Crippen LogP contribution is 2.57. The molecular weight excluding hydrogens is 763 g/mol. The number of rotatable bonds is 8. The Bertz CT molecular complexity index is 3260. The van der Waals surface area contributed by atoms with Gasteiger partial charge in [-0.15, -0.1) is 0 Å². The molecule has 8 aromatic carbocycles. The molecule has 0 unspecified atom stereocenters. The maximum Gasteiger partial charge on any atom is 0.0991 e. The summed E-state index contributed by atoms with van der Waals surface area (Å²) in [6, 6.07) is 83.8. The Morgan fingerprint density at radius 2 is 0.794 bits per heavy atom. The summed E-state index contributed by atoms with van der Waals surface area (Å²) in [5, 5.41) is 10.2. The lowest BCUT2D eigenvalue weighted by atomic mass is 9.67. The van der Waals surface area contributed by atoms with Crippen molar-refractivity contribution in [2.45, 2.75) is 5.41 Å². The molecule has 63 heavy (non-hydrogen) atoms. The zero-order valence-electron chi connectivity index (χ0n) is 34.4. The second-order valence-electron chi connectivity index (χ2n) is 16.1. The van der Waals surface area contributed by atoms with Gasteiger partial charge in [-0.2, -0.15) is 5.26 Å². The average Bonchev–Trinajstić information content (AvgIpc) is 3.67. The minimum absolute atomic E-state index is 0.641. The van der Waals surface area contributed by atoms with Gasteiger partial charge < -0.3 is 0 Å². The molecule has 0 N–H and O–H groups in total. The van der Waals surface area contributed by atoms with Crippen LogP contribution in [0.3, 0.4) is 0 Å². The first-order valence-corrected chi connectivity index (χ1v) is 21.3. The molecule has 3 heteroatoms. The van der Waals surface area contributed by atoms with Crippen molar-refractivity contribution in [1.29, 1.82) is 5.26 Å². The molecule has 2 aromatic heterocycles. The van der Waals surface area contributed by atoms with Crippen LogP contribution in [0.5, 0.6) is 0 Å². The van der Waals surface area contributed by atoms with Gasteiger partial charge in [0, 0.05) is 22.9 Å². The van der Waals surface area contributed by atoms with Crippen molar-refractivity contribution in [2.75, 3.05) is 0 Å². The van der Waals surface area contributed by atoms with Crippen molar-refractivity contribution in [3.05, 3.63) is 265 Å². The Morgan fingerprint density at radius 3 is 1.40 bits per heavy atom. The summed E-state index contributed by atoms with van der Waals surface area (Å²) in [6.07, 6.45) is 1.85. The molecule has 0 bridgehead atoms. The van der Waals surface area contributed by atoms with Gasteiger partial charge in [-0.25, -0.2) is 4.98 Å². The van der Waals surface area contributed by atoms with Crippen LogP contribution in [-0.4, -0.2) is 9.97 Å². The molecule has 294 valence electrons. The molecular formula is C60H39N3. The van der Waals surface area contributed by atoms with E-state index in [1.165, 1.54) is 11.1 Å². The fourth-order valence-corrected chi connectivity index (χ4v) is 9.45. The lowest BCUT2D eigenvalue weighted by molar-refractivity contribution is 0.768. The Labute approximate surface area is 368 Å². The summed E-state index contributed by atoms with van der Waals surface area (Å²) in [7, 11) is 0. The number of nitrogens with zero attached hydrogens (tertiary/aromatic N) is 3. The van der Waals surface area contributed by atoms with Gasteiger partial charge in [-0.05, 0) is 127 Å². The lowest BCUT2D eigenvalue weighted by Crippen LogP contribution is -2.28. The third kappa shape index (κ3) is 6.72. The van der Waals surface area contributed by atoms with E-state index in [-0.39, 0.29) is 0 Å². The molecule has 0 spiro atoms. The van der Waals surface area contributed by atoms with E-state index in [0.717, 1.165) is 89.4 Å². The van der Waals surface area contributed by atoms with Gasteiger partial charge in [0.2, 0.25) is 0 Å². The van der Waals surface area contributed by atoms with Gasteiger partial charge in [0.1, 0.15) is 0 Å². The van der Waals surface area contributed by atoms with E-state index in [9.17, 15) is 5.26 Å². The third-order valence-electron chi connectivity index (χ3n) is 12.4. The molecule has 0 radical (unpaired) electrons. The van der Waals surface area contributed by atoms with E-state index in [2.05, 4.69) is 212 Å². The highest BCUT2D eigenvalue weighted by Gasteiger charge is 2.46. The van der Waals surface area contributed by atoms with Crippen LogP contribution < -0.4 is 0 Å². The van der Waals surface area contributed by atoms with Crippen molar-refractivity contribution in [3.8, 4) is 84.3 Å². The molecule has 11 rings (SSSR count). The highest BCUT2D eigenvalue weighted by molar-refractivity contribution is 5.90. The van der Waals surface area contributed by atoms with E-state index in [1.807, 2.05) is 30.5 Å².